The van der Waals surface area contributed by atoms with Crippen molar-refractivity contribution in [3.05, 3.63) is 48.5 Å². The van der Waals surface area contributed by atoms with Gasteiger partial charge in [0.05, 0.1) is 6.33 Å². The zero-order chi connectivity index (χ0) is 15.8. The summed E-state index contributed by atoms with van der Waals surface area (Å²) < 4.78 is 2.07. The van der Waals surface area contributed by atoms with Gasteiger partial charge in [-0.3, -0.25) is 4.79 Å². The number of unbranched alkanes of at least 4 members (excludes halogenated alkanes) is 2. The summed E-state index contributed by atoms with van der Waals surface area (Å²) in [7, 11) is 3.94. The first-order chi connectivity index (χ1) is 10.7. The van der Waals surface area contributed by atoms with Gasteiger partial charge in [0.1, 0.15) is 0 Å². The molecule has 1 aromatic heterocycles. The summed E-state index contributed by atoms with van der Waals surface area (Å²) >= 11 is 0. The van der Waals surface area contributed by atoms with Crippen LogP contribution in [0.25, 0.3) is 0 Å². The van der Waals surface area contributed by atoms with E-state index in [1.54, 1.807) is 6.20 Å². The lowest BCUT2D eigenvalue weighted by Gasteiger charge is -2.13. The quantitative estimate of drug-likeness (QED) is 0.762. The van der Waals surface area contributed by atoms with Crippen LogP contribution < -0.4 is 10.2 Å². The second-order valence-electron chi connectivity index (χ2n) is 5.56. The van der Waals surface area contributed by atoms with E-state index in [4.69, 9.17) is 0 Å². The molecule has 0 aliphatic rings. The molecule has 1 heterocycles. The molecular weight excluding hydrogens is 276 g/mol. The summed E-state index contributed by atoms with van der Waals surface area (Å²) in [6, 6.07) is 7.66. The maximum Gasteiger partial charge on any atom is 0.251 e. The molecule has 118 valence electrons. The Morgan fingerprint density at radius 3 is 2.86 bits per heavy atom. The van der Waals surface area contributed by atoms with E-state index in [9.17, 15) is 4.79 Å². The minimum Gasteiger partial charge on any atom is -0.378 e. The third-order valence-corrected chi connectivity index (χ3v) is 3.56. The monoisotopic (exact) mass is 300 g/mol. The molecule has 0 aliphatic heterocycles. The van der Waals surface area contributed by atoms with Gasteiger partial charge in [-0.2, -0.15) is 0 Å². The number of hydrogen-bond donors (Lipinski definition) is 1. The number of nitrogens with zero attached hydrogens (tertiary/aromatic N) is 3. The Balaban J connectivity index is 1.66. The average molecular weight is 300 g/mol. The average Bonchev–Trinajstić information content (AvgIpc) is 3.04. The fourth-order valence-corrected chi connectivity index (χ4v) is 2.24. The van der Waals surface area contributed by atoms with Crippen molar-refractivity contribution in [1.82, 2.24) is 14.9 Å². The van der Waals surface area contributed by atoms with Gasteiger partial charge in [-0.25, -0.2) is 4.98 Å². The molecule has 22 heavy (non-hydrogen) atoms. The minimum atomic E-state index is -0.00157. The highest BCUT2D eigenvalue weighted by Crippen LogP contribution is 2.13. The molecule has 0 atom stereocenters. The van der Waals surface area contributed by atoms with E-state index < -0.39 is 0 Å². The van der Waals surface area contributed by atoms with Crippen molar-refractivity contribution in [3.8, 4) is 0 Å². The maximum absolute atomic E-state index is 12.1. The molecule has 0 bridgehead atoms. The van der Waals surface area contributed by atoms with Crippen LogP contribution in [0.2, 0.25) is 0 Å². The number of anilines is 1. The number of benzene rings is 1. The van der Waals surface area contributed by atoms with E-state index in [1.807, 2.05) is 55.8 Å². The topological polar surface area (TPSA) is 50.2 Å². The largest absolute Gasteiger partial charge is 0.378 e. The number of hydrogen-bond acceptors (Lipinski definition) is 3. The van der Waals surface area contributed by atoms with Crippen LogP contribution in [0, 0.1) is 0 Å². The van der Waals surface area contributed by atoms with E-state index in [2.05, 4.69) is 14.9 Å². The standard InChI is InChI=1S/C17H24N4O/c1-20(2)16-8-6-7-15(13-16)17(22)19-9-4-3-5-11-21-12-10-18-14-21/h6-8,10,12-14H,3-5,9,11H2,1-2H3,(H,19,22). The molecule has 0 fully saturated rings. The van der Waals surface area contributed by atoms with Crippen LogP contribution in [-0.4, -0.2) is 36.1 Å². The fraction of sp³-hybridized carbons (Fsp3) is 0.412. The Labute approximate surface area is 132 Å². The van der Waals surface area contributed by atoms with Gasteiger partial charge in [-0.05, 0) is 37.5 Å². The smallest absolute Gasteiger partial charge is 0.251 e. The molecule has 0 saturated heterocycles. The van der Waals surface area contributed by atoms with Crippen LogP contribution in [-0.2, 0) is 6.54 Å². The van der Waals surface area contributed by atoms with Gasteiger partial charge >= 0.3 is 0 Å². The van der Waals surface area contributed by atoms with Crippen molar-refractivity contribution in [3.63, 3.8) is 0 Å². The molecule has 0 spiro atoms. The molecule has 1 amide bonds. The van der Waals surface area contributed by atoms with Gasteiger partial charge in [0, 0.05) is 50.8 Å². The zero-order valence-corrected chi connectivity index (χ0v) is 13.3. The first kappa shape index (κ1) is 16.1. The lowest BCUT2D eigenvalue weighted by molar-refractivity contribution is 0.0953. The summed E-state index contributed by atoms with van der Waals surface area (Å²) in [6.45, 7) is 1.70. The van der Waals surface area contributed by atoms with Crippen molar-refractivity contribution in [1.29, 1.82) is 0 Å². The summed E-state index contributed by atoms with van der Waals surface area (Å²) in [5, 5.41) is 2.98. The van der Waals surface area contributed by atoms with Gasteiger partial charge in [0.25, 0.3) is 5.91 Å². The first-order valence-electron chi connectivity index (χ1n) is 7.68. The van der Waals surface area contributed by atoms with E-state index >= 15 is 0 Å². The number of amides is 1. The number of carbonyl (C=O) groups is 1. The summed E-state index contributed by atoms with van der Waals surface area (Å²) in [6.07, 6.45) is 8.79. The highest BCUT2D eigenvalue weighted by atomic mass is 16.1. The van der Waals surface area contributed by atoms with Crippen molar-refractivity contribution in [2.75, 3.05) is 25.5 Å². The van der Waals surface area contributed by atoms with Crippen LogP contribution in [0.5, 0.6) is 0 Å². The van der Waals surface area contributed by atoms with E-state index in [0.29, 0.717) is 5.56 Å². The van der Waals surface area contributed by atoms with E-state index in [1.165, 1.54) is 0 Å². The third kappa shape index (κ3) is 4.91. The van der Waals surface area contributed by atoms with Gasteiger partial charge in [0.15, 0.2) is 0 Å². The maximum atomic E-state index is 12.1. The second kappa shape index (κ2) is 8.22. The van der Waals surface area contributed by atoms with Gasteiger partial charge < -0.3 is 14.8 Å². The number of aromatic nitrogens is 2. The molecule has 0 saturated carbocycles. The van der Waals surface area contributed by atoms with Crippen LogP contribution in [0.1, 0.15) is 29.6 Å². The molecule has 0 aliphatic carbocycles. The summed E-state index contributed by atoms with van der Waals surface area (Å²) in [5.41, 5.74) is 1.75. The molecule has 0 unspecified atom stereocenters. The third-order valence-electron chi connectivity index (χ3n) is 3.56. The molecule has 0 radical (unpaired) electrons. The Hall–Kier alpha value is -2.30. The highest BCUT2D eigenvalue weighted by Gasteiger charge is 2.06. The van der Waals surface area contributed by atoms with Gasteiger partial charge in [-0.1, -0.05) is 6.07 Å². The Morgan fingerprint density at radius 1 is 1.27 bits per heavy atom. The number of nitrogens with one attached hydrogen (secondary N) is 1. The Bertz CT molecular complexity index is 578. The Morgan fingerprint density at radius 2 is 2.14 bits per heavy atom. The van der Waals surface area contributed by atoms with Crippen molar-refractivity contribution >= 4 is 11.6 Å². The van der Waals surface area contributed by atoms with Crippen LogP contribution >= 0.6 is 0 Å². The fourth-order valence-electron chi connectivity index (χ4n) is 2.24. The van der Waals surface area contributed by atoms with Crippen molar-refractivity contribution in [2.24, 2.45) is 0 Å². The van der Waals surface area contributed by atoms with Crippen LogP contribution in [0.3, 0.4) is 0 Å². The Kier molecular flexibility index (Phi) is 6.01. The summed E-state index contributed by atoms with van der Waals surface area (Å²) in [5.74, 6) is -0.00157. The molecule has 2 aromatic rings. The highest BCUT2D eigenvalue weighted by molar-refractivity contribution is 5.95. The molecule has 1 N–H and O–H groups in total. The molecule has 5 heteroatoms. The summed E-state index contributed by atoms with van der Waals surface area (Å²) in [4.78, 5) is 18.1. The van der Waals surface area contributed by atoms with Gasteiger partial charge in [0.2, 0.25) is 0 Å². The predicted octanol–water partition coefficient (Wildman–Crippen LogP) is 2.55. The molecular formula is C17H24N4O. The number of imidazole rings is 1. The number of carbonyl (C=O) groups excluding carboxylic acids is 1. The van der Waals surface area contributed by atoms with Crippen molar-refractivity contribution < 1.29 is 4.79 Å². The van der Waals surface area contributed by atoms with Crippen molar-refractivity contribution in [2.45, 2.75) is 25.8 Å². The van der Waals surface area contributed by atoms with Gasteiger partial charge in [-0.15, -0.1) is 0 Å². The predicted molar refractivity (Wildman–Crippen MR) is 89.2 cm³/mol. The molecule has 1 aromatic carbocycles. The number of rotatable bonds is 8. The lowest BCUT2D eigenvalue weighted by atomic mass is 10.1. The van der Waals surface area contributed by atoms with Crippen LogP contribution in [0.15, 0.2) is 43.0 Å². The second-order valence-corrected chi connectivity index (χ2v) is 5.56. The van der Waals surface area contributed by atoms with E-state index in [-0.39, 0.29) is 5.91 Å². The molecule has 5 nitrogen and oxygen atoms in total. The van der Waals surface area contributed by atoms with Crippen LogP contribution in [0.4, 0.5) is 5.69 Å². The SMILES string of the molecule is CN(C)c1cccc(C(=O)NCCCCCn2ccnc2)c1. The number of aryl methyl sites for hydroxylation is 1. The zero-order valence-electron chi connectivity index (χ0n) is 13.3. The first-order valence-corrected chi connectivity index (χ1v) is 7.68. The lowest BCUT2D eigenvalue weighted by Crippen LogP contribution is -2.24. The minimum absolute atomic E-state index is 0.00157. The normalized spacial score (nSPS) is 10.5. The van der Waals surface area contributed by atoms with E-state index in [0.717, 1.165) is 38.0 Å². The molecule has 2 rings (SSSR count).